The zero-order chi connectivity index (χ0) is 10.9. The van der Waals surface area contributed by atoms with Gasteiger partial charge in [0.25, 0.3) is 0 Å². The zero-order valence-corrected chi connectivity index (χ0v) is 10.6. The molecule has 0 N–H and O–H groups in total. The lowest BCUT2D eigenvalue weighted by molar-refractivity contribution is -0.704. The summed E-state index contributed by atoms with van der Waals surface area (Å²) in [6.45, 7) is 5.70. The normalized spacial score (nSPS) is 9.88. The molecule has 92 valence electrons. The standard InChI is InChI=1S/C14H24N.FH/c1-3-5-6-8-12-15-13-9-7-11-14(15)10-4-2;/h7,9,11,13H,3-6,8,10,12H2,1-2H3;1H/q+1;/p-1. The third kappa shape index (κ3) is 5.24. The van der Waals surface area contributed by atoms with E-state index in [1.807, 2.05) is 0 Å². The van der Waals surface area contributed by atoms with Crippen molar-refractivity contribution in [2.75, 3.05) is 0 Å². The van der Waals surface area contributed by atoms with E-state index in [1.54, 1.807) is 0 Å². The second-order valence-electron chi connectivity index (χ2n) is 4.20. The molecule has 0 saturated carbocycles. The summed E-state index contributed by atoms with van der Waals surface area (Å²) in [5.41, 5.74) is 1.48. The van der Waals surface area contributed by atoms with Gasteiger partial charge < -0.3 is 4.70 Å². The lowest BCUT2D eigenvalue weighted by Gasteiger charge is -2.02. The molecule has 0 aliphatic carbocycles. The molecule has 0 unspecified atom stereocenters. The minimum Gasteiger partial charge on any atom is -1.00 e. The van der Waals surface area contributed by atoms with Crippen LogP contribution >= 0.6 is 0 Å². The smallest absolute Gasteiger partial charge is 0.181 e. The zero-order valence-electron chi connectivity index (χ0n) is 10.6. The number of hydrogen-bond donors (Lipinski definition) is 0. The fourth-order valence-corrected chi connectivity index (χ4v) is 1.92. The van der Waals surface area contributed by atoms with Gasteiger partial charge in [-0.2, -0.15) is 0 Å². The summed E-state index contributed by atoms with van der Waals surface area (Å²) in [4.78, 5) is 0. The highest BCUT2D eigenvalue weighted by atomic mass is 19.0. The van der Waals surface area contributed by atoms with Gasteiger partial charge in [0.05, 0.1) is 0 Å². The molecule has 16 heavy (non-hydrogen) atoms. The van der Waals surface area contributed by atoms with E-state index in [2.05, 4.69) is 42.8 Å². The largest absolute Gasteiger partial charge is 1.00 e. The molecule has 2 heteroatoms. The summed E-state index contributed by atoms with van der Waals surface area (Å²) >= 11 is 0. The van der Waals surface area contributed by atoms with Crippen LogP contribution in [0.15, 0.2) is 24.4 Å². The maximum atomic E-state index is 2.42. The Balaban J connectivity index is 0.00000225. The fraction of sp³-hybridized carbons (Fsp3) is 0.643. The van der Waals surface area contributed by atoms with Crippen molar-refractivity contribution in [3.8, 4) is 0 Å². The summed E-state index contributed by atoms with van der Waals surface area (Å²) in [6.07, 6.45) is 10.0. The number of unbranched alkanes of at least 4 members (excludes halogenated alkanes) is 3. The van der Waals surface area contributed by atoms with Gasteiger partial charge in [0.2, 0.25) is 0 Å². The molecule has 1 nitrogen and oxygen atoms in total. The summed E-state index contributed by atoms with van der Waals surface area (Å²) in [6, 6.07) is 6.54. The Morgan fingerprint density at radius 2 is 1.81 bits per heavy atom. The van der Waals surface area contributed by atoms with Crippen LogP contribution in [0.5, 0.6) is 0 Å². The van der Waals surface area contributed by atoms with Crippen LogP contribution in [0.25, 0.3) is 0 Å². The van der Waals surface area contributed by atoms with Gasteiger partial charge in [-0.1, -0.05) is 32.8 Å². The monoisotopic (exact) mass is 225 g/mol. The van der Waals surface area contributed by atoms with Gasteiger partial charge in [0.1, 0.15) is 6.54 Å². The fourth-order valence-electron chi connectivity index (χ4n) is 1.92. The number of nitrogens with zero attached hydrogens (tertiary/aromatic N) is 1. The highest BCUT2D eigenvalue weighted by molar-refractivity contribution is 4.97. The number of aryl methyl sites for hydroxylation is 2. The van der Waals surface area contributed by atoms with Crippen molar-refractivity contribution in [2.45, 2.75) is 58.9 Å². The molecule has 0 spiro atoms. The Morgan fingerprint density at radius 3 is 2.50 bits per heavy atom. The van der Waals surface area contributed by atoms with Gasteiger partial charge in [-0.25, -0.2) is 4.57 Å². The molecule has 1 rings (SSSR count). The Hall–Kier alpha value is -0.920. The molecule has 0 amide bonds. The Kier molecular flexibility index (Phi) is 8.78. The predicted molar refractivity (Wildman–Crippen MR) is 64.8 cm³/mol. The van der Waals surface area contributed by atoms with Crippen LogP contribution in [-0.2, 0) is 13.0 Å². The summed E-state index contributed by atoms with van der Waals surface area (Å²) < 4.78 is 2.42. The van der Waals surface area contributed by atoms with Crippen LogP contribution in [0.3, 0.4) is 0 Å². The highest BCUT2D eigenvalue weighted by Crippen LogP contribution is 2.01. The van der Waals surface area contributed by atoms with Gasteiger partial charge in [-0.05, 0) is 12.8 Å². The SMILES string of the molecule is CCCCCC[n+]1ccccc1CCC.[F-]. The van der Waals surface area contributed by atoms with E-state index in [9.17, 15) is 0 Å². The first-order valence-electron chi connectivity index (χ1n) is 6.35. The van der Waals surface area contributed by atoms with Crippen molar-refractivity contribution in [1.82, 2.24) is 0 Å². The lowest BCUT2D eigenvalue weighted by atomic mass is 10.2. The number of aromatic nitrogens is 1. The maximum Gasteiger partial charge on any atom is 0.181 e. The summed E-state index contributed by atoms with van der Waals surface area (Å²) in [7, 11) is 0. The van der Waals surface area contributed by atoms with Crippen molar-refractivity contribution < 1.29 is 9.27 Å². The van der Waals surface area contributed by atoms with E-state index in [4.69, 9.17) is 0 Å². The molecule has 0 aliphatic rings. The first-order chi connectivity index (χ1) is 7.38. The molecule has 0 atom stereocenters. The number of halogens is 1. The molecule has 0 bridgehead atoms. The van der Waals surface area contributed by atoms with Crippen molar-refractivity contribution in [1.29, 1.82) is 0 Å². The third-order valence-electron chi connectivity index (χ3n) is 2.79. The average molecular weight is 225 g/mol. The molecule has 1 aromatic rings. The van der Waals surface area contributed by atoms with Gasteiger partial charge >= 0.3 is 0 Å². The van der Waals surface area contributed by atoms with Crippen molar-refractivity contribution >= 4 is 0 Å². The number of pyridine rings is 1. The number of rotatable bonds is 7. The Morgan fingerprint density at radius 1 is 1.00 bits per heavy atom. The Bertz CT molecular complexity index is 273. The van der Waals surface area contributed by atoms with Gasteiger partial charge in [-0.3, -0.25) is 0 Å². The third-order valence-corrected chi connectivity index (χ3v) is 2.79. The van der Waals surface area contributed by atoms with Crippen LogP contribution < -0.4 is 9.27 Å². The minimum atomic E-state index is 0. The Labute approximate surface area is 98.9 Å². The van der Waals surface area contributed by atoms with Crippen LogP contribution in [0, 0.1) is 0 Å². The minimum absolute atomic E-state index is 0. The lowest BCUT2D eigenvalue weighted by Crippen LogP contribution is -3.00. The average Bonchev–Trinajstić information content (AvgIpc) is 2.27. The van der Waals surface area contributed by atoms with Crippen molar-refractivity contribution in [3.05, 3.63) is 30.1 Å². The molecule has 1 heterocycles. The highest BCUT2D eigenvalue weighted by Gasteiger charge is 2.06. The first kappa shape index (κ1) is 15.1. The van der Waals surface area contributed by atoms with Crippen LogP contribution in [0.2, 0.25) is 0 Å². The van der Waals surface area contributed by atoms with E-state index in [1.165, 1.54) is 50.8 Å². The molecule has 0 saturated heterocycles. The number of hydrogen-bond acceptors (Lipinski definition) is 0. The van der Waals surface area contributed by atoms with Gasteiger partial charge in [-0.15, -0.1) is 0 Å². The van der Waals surface area contributed by atoms with Crippen LogP contribution in [0.1, 0.15) is 51.6 Å². The molecule has 0 radical (unpaired) electrons. The second-order valence-corrected chi connectivity index (χ2v) is 4.20. The van der Waals surface area contributed by atoms with E-state index in [0.29, 0.717) is 0 Å². The van der Waals surface area contributed by atoms with Gasteiger partial charge in [0.15, 0.2) is 11.9 Å². The first-order valence-corrected chi connectivity index (χ1v) is 6.35. The van der Waals surface area contributed by atoms with Crippen LogP contribution in [-0.4, -0.2) is 0 Å². The molecule has 0 aliphatic heterocycles. The quantitative estimate of drug-likeness (QED) is 0.470. The van der Waals surface area contributed by atoms with E-state index >= 15 is 0 Å². The van der Waals surface area contributed by atoms with Crippen molar-refractivity contribution in [2.24, 2.45) is 0 Å². The predicted octanol–water partition coefficient (Wildman–Crippen LogP) is 0.511. The summed E-state index contributed by atoms with van der Waals surface area (Å²) in [5.74, 6) is 0. The van der Waals surface area contributed by atoms with E-state index in [0.717, 1.165) is 0 Å². The molecular formula is C14H24FN. The molecule has 0 fully saturated rings. The topological polar surface area (TPSA) is 3.88 Å². The van der Waals surface area contributed by atoms with E-state index in [-0.39, 0.29) is 4.70 Å². The van der Waals surface area contributed by atoms with Crippen LogP contribution in [0.4, 0.5) is 0 Å². The molecular weight excluding hydrogens is 201 g/mol. The van der Waals surface area contributed by atoms with Gasteiger partial charge in [0, 0.05) is 25.0 Å². The second kappa shape index (κ2) is 9.32. The van der Waals surface area contributed by atoms with Crippen molar-refractivity contribution in [3.63, 3.8) is 0 Å². The molecule has 0 aromatic carbocycles. The van der Waals surface area contributed by atoms with E-state index < -0.39 is 0 Å². The maximum absolute atomic E-state index is 2.42. The molecule has 1 aromatic heterocycles. The summed E-state index contributed by atoms with van der Waals surface area (Å²) in [5, 5.41) is 0.